The summed E-state index contributed by atoms with van der Waals surface area (Å²) in [7, 11) is 2.18. The van der Waals surface area contributed by atoms with Crippen molar-refractivity contribution in [3.8, 4) is 0 Å². The van der Waals surface area contributed by atoms with Crippen LogP contribution in [0.15, 0.2) is 0 Å². The highest BCUT2D eigenvalue weighted by molar-refractivity contribution is 6.42. The van der Waals surface area contributed by atoms with Crippen LogP contribution in [0.2, 0.25) is 24.2 Å². The lowest BCUT2D eigenvalue weighted by Gasteiger charge is -2.18. The van der Waals surface area contributed by atoms with Crippen molar-refractivity contribution in [1.82, 2.24) is 0 Å². The number of unbranched alkanes of at least 4 members (excludes halogenated alkanes) is 4. The first-order valence-corrected chi connectivity index (χ1v) is 16.5. The van der Waals surface area contributed by atoms with Gasteiger partial charge in [0.2, 0.25) is 0 Å². The van der Waals surface area contributed by atoms with Crippen LogP contribution in [0.4, 0.5) is 0 Å². The molecule has 0 aliphatic heterocycles. The average molecular weight is 487 g/mol. The van der Waals surface area contributed by atoms with E-state index in [0.717, 1.165) is 84.0 Å². The zero-order valence-corrected chi connectivity index (χ0v) is 23.9. The van der Waals surface area contributed by atoms with Crippen LogP contribution in [-0.2, 0) is 18.9 Å². The second-order valence-corrected chi connectivity index (χ2v) is 11.5. The van der Waals surface area contributed by atoms with Gasteiger partial charge in [0.1, 0.15) is 0 Å². The first-order chi connectivity index (χ1) is 15.8. The molecule has 0 saturated heterocycles. The van der Waals surface area contributed by atoms with Crippen molar-refractivity contribution in [3.63, 3.8) is 0 Å². The highest BCUT2D eigenvalue weighted by Crippen LogP contribution is 2.12. The molecule has 0 aromatic carbocycles. The first-order valence-electron chi connectivity index (χ1n) is 13.7. The molecule has 0 fully saturated rings. The van der Waals surface area contributed by atoms with Gasteiger partial charge < -0.3 is 18.9 Å². The summed E-state index contributed by atoms with van der Waals surface area (Å²) in [4.78, 5) is 0. The molecule has 6 heteroatoms. The Hall–Kier alpha value is 0.274. The SMILES string of the molecule is CCCCOC(CCC[Si]CC[Si]CCCC(OCCCC)OCCCC)OCCCC. The van der Waals surface area contributed by atoms with Crippen LogP contribution in [0.5, 0.6) is 0 Å². The molecule has 32 heavy (non-hydrogen) atoms. The Labute approximate surface area is 205 Å². The number of rotatable bonds is 27. The average Bonchev–Trinajstić information content (AvgIpc) is 2.80. The summed E-state index contributed by atoms with van der Waals surface area (Å²) in [5, 5.41) is 0. The van der Waals surface area contributed by atoms with Crippen molar-refractivity contribution in [2.24, 2.45) is 0 Å². The highest BCUT2D eigenvalue weighted by atomic mass is 28.2. The molecule has 0 spiro atoms. The fourth-order valence-electron chi connectivity index (χ4n) is 3.08. The summed E-state index contributed by atoms with van der Waals surface area (Å²) in [6, 6.07) is 5.43. The Bertz CT molecular complexity index is 296. The third-order valence-electron chi connectivity index (χ3n) is 5.27. The van der Waals surface area contributed by atoms with E-state index in [1.807, 2.05) is 0 Å². The molecule has 0 rings (SSSR count). The maximum absolute atomic E-state index is 5.94. The van der Waals surface area contributed by atoms with E-state index in [1.165, 1.54) is 62.7 Å². The molecule has 4 nitrogen and oxygen atoms in total. The van der Waals surface area contributed by atoms with Crippen LogP contribution in [0.3, 0.4) is 0 Å². The second kappa shape index (κ2) is 27.5. The summed E-state index contributed by atoms with van der Waals surface area (Å²) >= 11 is 0. The monoisotopic (exact) mass is 486 g/mol. The van der Waals surface area contributed by atoms with Gasteiger partial charge in [-0.3, -0.25) is 0 Å². The van der Waals surface area contributed by atoms with Gasteiger partial charge in [-0.1, -0.05) is 90.4 Å². The van der Waals surface area contributed by atoms with Crippen LogP contribution in [0, 0.1) is 0 Å². The summed E-state index contributed by atoms with van der Waals surface area (Å²) in [6.07, 6.45) is 13.9. The Balaban J connectivity index is 3.70. The van der Waals surface area contributed by atoms with Crippen LogP contribution >= 0.6 is 0 Å². The third-order valence-corrected chi connectivity index (χ3v) is 8.39. The Morgan fingerprint density at radius 3 is 1.03 bits per heavy atom. The van der Waals surface area contributed by atoms with Crippen LogP contribution in [0.25, 0.3) is 0 Å². The van der Waals surface area contributed by atoms with Crippen molar-refractivity contribution in [3.05, 3.63) is 0 Å². The Kier molecular flexibility index (Phi) is 27.8. The van der Waals surface area contributed by atoms with Gasteiger partial charge in [0.15, 0.2) is 12.6 Å². The molecule has 0 aromatic rings. The molecule has 0 saturated carbocycles. The van der Waals surface area contributed by atoms with Crippen molar-refractivity contribution in [2.45, 2.75) is 142 Å². The van der Waals surface area contributed by atoms with Gasteiger partial charge in [0.05, 0.1) is 0 Å². The Morgan fingerprint density at radius 1 is 0.438 bits per heavy atom. The predicted octanol–water partition coefficient (Wildman–Crippen LogP) is 7.55. The van der Waals surface area contributed by atoms with E-state index in [2.05, 4.69) is 27.7 Å². The van der Waals surface area contributed by atoms with Gasteiger partial charge in [-0.2, -0.15) is 0 Å². The zero-order chi connectivity index (χ0) is 23.5. The van der Waals surface area contributed by atoms with Gasteiger partial charge in [0, 0.05) is 45.5 Å². The largest absolute Gasteiger partial charge is 0.353 e. The minimum absolute atomic E-state index is 0.0202. The summed E-state index contributed by atoms with van der Waals surface area (Å²) in [6.45, 7) is 12.2. The smallest absolute Gasteiger partial charge is 0.157 e. The molecule has 0 atom stereocenters. The predicted molar refractivity (Wildman–Crippen MR) is 140 cm³/mol. The van der Waals surface area contributed by atoms with Crippen molar-refractivity contribution < 1.29 is 18.9 Å². The molecule has 0 amide bonds. The standard InChI is InChI=1S/C26H54O4Si2/c1-5-9-17-27-25(28-18-10-6-2)15-13-21-31-23-24-32-22-14-16-26(29-19-11-7-3)30-20-12-8-4/h25-26H,5-24H2,1-4H3. The molecule has 0 bridgehead atoms. The number of hydrogen-bond donors (Lipinski definition) is 0. The van der Waals surface area contributed by atoms with E-state index in [1.54, 1.807) is 0 Å². The molecule has 0 heterocycles. The summed E-state index contributed by atoms with van der Waals surface area (Å²) in [5.41, 5.74) is 0. The molecule has 0 aliphatic rings. The van der Waals surface area contributed by atoms with Crippen LogP contribution in [0.1, 0.15) is 105 Å². The van der Waals surface area contributed by atoms with Gasteiger partial charge >= 0.3 is 0 Å². The van der Waals surface area contributed by atoms with E-state index in [9.17, 15) is 0 Å². The minimum atomic E-state index is 0.0202. The van der Waals surface area contributed by atoms with Crippen molar-refractivity contribution >= 4 is 19.0 Å². The van der Waals surface area contributed by atoms with E-state index < -0.39 is 0 Å². The molecule has 0 aliphatic carbocycles. The van der Waals surface area contributed by atoms with E-state index in [-0.39, 0.29) is 12.6 Å². The van der Waals surface area contributed by atoms with Crippen molar-refractivity contribution in [1.29, 1.82) is 0 Å². The maximum Gasteiger partial charge on any atom is 0.157 e. The van der Waals surface area contributed by atoms with Gasteiger partial charge in [-0.25, -0.2) is 0 Å². The highest BCUT2D eigenvalue weighted by Gasteiger charge is 2.10. The fourth-order valence-corrected chi connectivity index (χ4v) is 5.90. The van der Waals surface area contributed by atoms with Gasteiger partial charge in [0.25, 0.3) is 0 Å². The normalized spacial score (nSPS) is 11.8. The third kappa shape index (κ3) is 23.4. The quantitative estimate of drug-likeness (QED) is 0.0682. The van der Waals surface area contributed by atoms with E-state index >= 15 is 0 Å². The lowest BCUT2D eigenvalue weighted by molar-refractivity contribution is -0.147. The van der Waals surface area contributed by atoms with Crippen LogP contribution in [-0.4, -0.2) is 58.0 Å². The zero-order valence-electron chi connectivity index (χ0n) is 21.9. The molecule has 4 radical (unpaired) electrons. The fraction of sp³-hybridized carbons (Fsp3) is 1.00. The lowest BCUT2D eigenvalue weighted by Crippen LogP contribution is -2.19. The molecular formula is C26H54O4Si2. The van der Waals surface area contributed by atoms with Crippen LogP contribution < -0.4 is 0 Å². The van der Waals surface area contributed by atoms with Gasteiger partial charge in [-0.05, 0) is 38.5 Å². The molecule has 0 N–H and O–H groups in total. The molecular weight excluding hydrogens is 432 g/mol. The molecule has 0 aromatic heterocycles. The van der Waals surface area contributed by atoms with Crippen molar-refractivity contribution in [2.75, 3.05) is 26.4 Å². The second-order valence-electron chi connectivity index (χ2n) is 8.54. The minimum Gasteiger partial charge on any atom is -0.353 e. The lowest BCUT2D eigenvalue weighted by atomic mass is 10.3. The topological polar surface area (TPSA) is 36.9 Å². The number of hydrogen-bond acceptors (Lipinski definition) is 4. The number of ether oxygens (including phenoxy) is 4. The van der Waals surface area contributed by atoms with E-state index in [0.29, 0.717) is 0 Å². The first kappa shape index (κ1) is 32.3. The van der Waals surface area contributed by atoms with E-state index in [4.69, 9.17) is 18.9 Å². The molecule has 190 valence electrons. The Morgan fingerprint density at radius 2 is 0.750 bits per heavy atom. The summed E-state index contributed by atoms with van der Waals surface area (Å²) < 4.78 is 23.8. The maximum atomic E-state index is 5.94. The molecule has 0 unspecified atom stereocenters. The summed E-state index contributed by atoms with van der Waals surface area (Å²) in [5.74, 6) is 0. The van der Waals surface area contributed by atoms with Gasteiger partial charge in [-0.15, -0.1) is 0 Å².